The van der Waals surface area contributed by atoms with Crippen molar-refractivity contribution >= 4 is 22.4 Å². The van der Waals surface area contributed by atoms with E-state index in [1.54, 1.807) is 23.0 Å². The maximum absolute atomic E-state index is 12.5. The molecule has 6 nitrogen and oxygen atoms in total. The first-order valence-corrected chi connectivity index (χ1v) is 7.09. The topological polar surface area (TPSA) is 67.2 Å². The van der Waals surface area contributed by atoms with E-state index in [-0.39, 0.29) is 18.4 Å². The molecule has 1 aliphatic heterocycles. The molecule has 1 fully saturated rings. The Morgan fingerprint density at radius 3 is 2.67 bits per heavy atom. The van der Waals surface area contributed by atoms with Gasteiger partial charge >= 0.3 is 0 Å². The van der Waals surface area contributed by atoms with Gasteiger partial charge in [-0.15, -0.1) is 12.4 Å². The van der Waals surface area contributed by atoms with Crippen molar-refractivity contribution in [3.8, 4) is 0 Å². The van der Waals surface area contributed by atoms with Crippen LogP contribution in [0.3, 0.4) is 0 Å². The second-order valence-corrected chi connectivity index (χ2v) is 6.25. The van der Waals surface area contributed by atoms with Gasteiger partial charge < -0.3 is 5.32 Å². The summed E-state index contributed by atoms with van der Waals surface area (Å²) in [5.74, 6) is 0. The first kappa shape index (κ1) is 15.4. The summed E-state index contributed by atoms with van der Waals surface area (Å²) in [5, 5.41) is 7.18. The van der Waals surface area contributed by atoms with Crippen molar-refractivity contribution in [2.45, 2.75) is 24.8 Å². The average molecular weight is 295 g/mol. The number of nitrogens with zero attached hydrogens (tertiary/aromatic N) is 3. The maximum Gasteiger partial charge on any atom is 0.246 e. The molecule has 0 bridgehead atoms. The molecule has 1 aromatic heterocycles. The highest BCUT2D eigenvalue weighted by Gasteiger charge is 2.33. The molecule has 2 heterocycles. The molecule has 0 amide bonds. The van der Waals surface area contributed by atoms with Crippen molar-refractivity contribution in [1.82, 2.24) is 19.4 Å². The van der Waals surface area contributed by atoms with Crippen LogP contribution in [0.15, 0.2) is 11.1 Å². The summed E-state index contributed by atoms with van der Waals surface area (Å²) in [6.07, 6.45) is 1.43. The zero-order chi connectivity index (χ0) is 12.6. The lowest BCUT2D eigenvalue weighted by atomic mass is 10.3. The molecule has 0 radical (unpaired) electrons. The van der Waals surface area contributed by atoms with E-state index in [2.05, 4.69) is 10.4 Å². The Labute approximate surface area is 114 Å². The molecule has 1 N–H and O–H groups in total. The van der Waals surface area contributed by atoms with Crippen LogP contribution in [0.2, 0.25) is 0 Å². The summed E-state index contributed by atoms with van der Waals surface area (Å²) in [4.78, 5) is 0.314. The Bertz CT molecular complexity index is 514. The number of sulfonamides is 1. The molecule has 1 aliphatic rings. The number of hydrogen-bond acceptors (Lipinski definition) is 4. The Balaban J connectivity index is 0.00000162. The molecular formula is C10H19ClN4O2S. The van der Waals surface area contributed by atoms with Gasteiger partial charge in [0, 0.05) is 32.7 Å². The van der Waals surface area contributed by atoms with Crippen LogP contribution in [-0.2, 0) is 17.1 Å². The molecule has 0 saturated carbocycles. The first-order valence-electron chi connectivity index (χ1n) is 5.65. The van der Waals surface area contributed by atoms with Crippen LogP contribution in [0.25, 0.3) is 0 Å². The molecular weight excluding hydrogens is 276 g/mol. The Hall–Kier alpha value is -0.630. The number of hydrogen-bond donors (Lipinski definition) is 1. The third-order valence-corrected chi connectivity index (χ3v) is 5.33. The van der Waals surface area contributed by atoms with Gasteiger partial charge in [-0.25, -0.2) is 8.42 Å². The molecule has 18 heavy (non-hydrogen) atoms. The minimum atomic E-state index is -3.41. The summed E-state index contributed by atoms with van der Waals surface area (Å²) >= 11 is 0. The number of nitrogens with one attached hydrogen (secondary N) is 1. The third-order valence-electron chi connectivity index (χ3n) is 3.22. The van der Waals surface area contributed by atoms with Gasteiger partial charge in [0.15, 0.2) is 0 Å². The van der Waals surface area contributed by atoms with Crippen molar-refractivity contribution < 1.29 is 8.42 Å². The normalized spacial score (nSPS) is 21.6. The van der Waals surface area contributed by atoms with Crippen molar-refractivity contribution in [3.05, 3.63) is 11.9 Å². The smallest absolute Gasteiger partial charge is 0.246 e. The fourth-order valence-electron chi connectivity index (χ4n) is 2.04. The van der Waals surface area contributed by atoms with Gasteiger partial charge in [-0.3, -0.25) is 4.68 Å². The molecule has 0 spiro atoms. The SMILES string of the molecule is Cc1c(S(=O)(=O)N2CCNC[C@H]2C)cnn1C.Cl. The predicted octanol–water partition coefficient (Wildman–Crippen LogP) is 0.133. The minimum absolute atomic E-state index is 0. The highest BCUT2D eigenvalue weighted by molar-refractivity contribution is 7.89. The molecule has 1 atom stereocenters. The van der Waals surface area contributed by atoms with E-state index in [0.717, 1.165) is 0 Å². The third kappa shape index (κ3) is 2.54. The monoisotopic (exact) mass is 294 g/mol. The van der Waals surface area contributed by atoms with Crippen molar-refractivity contribution in [1.29, 1.82) is 0 Å². The van der Waals surface area contributed by atoms with Crippen LogP contribution in [0.5, 0.6) is 0 Å². The van der Waals surface area contributed by atoms with Crippen molar-refractivity contribution in [2.75, 3.05) is 19.6 Å². The summed E-state index contributed by atoms with van der Waals surface area (Å²) < 4.78 is 28.1. The lowest BCUT2D eigenvalue weighted by molar-refractivity contribution is 0.283. The van der Waals surface area contributed by atoms with E-state index in [1.165, 1.54) is 6.20 Å². The standard InChI is InChI=1S/C10H18N4O2S.ClH/c1-8-6-11-4-5-14(8)17(15,16)10-7-12-13(3)9(10)2;/h7-8,11H,4-6H2,1-3H3;1H/t8-;/m1./s1. The van der Waals surface area contributed by atoms with Gasteiger partial charge in [0.2, 0.25) is 10.0 Å². The summed E-state index contributed by atoms with van der Waals surface area (Å²) in [5.41, 5.74) is 0.677. The summed E-state index contributed by atoms with van der Waals surface area (Å²) in [6, 6.07) is -0.0200. The predicted molar refractivity (Wildman–Crippen MR) is 71.4 cm³/mol. The van der Waals surface area contributed by atoms with Gasteiger partial charge in [-0.2, -0.15) is 9.40 Å². The molecule has 0 aliphatic carbocycles. The van der Waals surface area contributed by atoms with Crippen LogP contribution in [0.4, 0.5) is 0 Å². The van der Waals surface area contributed by atoms with Crippen LogP contribution in [0, 0.1) is 6.92 Å². The van der Waals surface area contributed by atoms with E-state index in [4.69, 9.17) is 0 Å². The van der Waals surface area contributed by atoms with Crippen LogP contribution >= 0.6 is 12.4 Å². The Kier molecular flexibility index (Phi) is 4.77. The molecule has 2 rings (SSSR count). The Morgan fingerprint density at radius 1 is 1.50 bits per heavy atom. The average Bonchev–Trinajstić information content (AvgIpc) is 2.60. The molecule has 104 valence electrons. The van der Waals surface area contributed by atoms with E-state index in [0.29, 0.717) is 30.2 Å². The second kappa shape index (κ2) is 5.56. The maximum atomic E-state index is 12.5. The van der Waals surface area contributed by atoms with Crippen LogP contribution in [-0.4, -0.2) is 48.2 Å². The molecule has 0 aromatic carbocycles. The number of piperazine rings is 1. The van der Waals surface area contributed by atoms with Gasteiger partial charge in [0.25, 0.3) is 0 Å². The lowest BCUT2D eigenvalue weighted by Gasteiger charge is -2.32. The number of aromatic nitrogens is 2. The number of rotatable bonds is 2. The van der Waals surface area contributed by atoms with E-state index < -0.39 is 10.0 Å². The number of aryl methyl sites for hydroxylation is 1. The van der Waals surface area contributed by atoms with Crippen molar-refractivity contribution in [3.63, 3.8) is 0 Å². The molecule has 1 saturated heterocycles. The molecule has 0 unspecified atom stereocenters. The first-order chi connectivity index (χ1) is 7.94. The second-order valence-electron chi connectivity index (χ2n) is 4.39. The fourth-order valence-corrected chi connectivity index (χ4v) is 3.86. The summed E-state index contributed by atoms with van der Waals surface area (Å²) in [7, 11) is -1.67. The fraction of sp³-hybridized carbons (Fsp3) is 0.700. The van der Waals surface area contributed by atoms with E-state index in [9.17, 15) is 8.42 Å². The van der Waals surface area contributed by atoms with Gasteiger partial charge in [-0.05, 0) is 13.8 Å². The highest BCUT2D eigenvalue weighted by atomic mass is 35.5. The summed E-state index contributed by atoms with van der Waals surface area (Å²) in [6.45, 7) is 5.58. The molecule has 1 aromatic rings. The van der Waals surface area contributed by atoms with Crippen LogP contribution in [0.1, 0.15) is 12.6 Å². The lowest BCUT2D eigenvalue weighted by Crippen LogP contribution is -2.52. The van der Waals surface area contributed by atoms with E-state index in [1.807, 2.05) is 6.92 Å². The largest absolute Gasteiger partial charge is 0.314 e. The van der Waals surface area contributed by atoms with Gasteiger partial charge in [-0.1, -0.05) is 0 Å². The zero-order valence-corrected chi connectivity index (χ0v) is 12.4. The minimum Gasteiger partial charge on any atom is -0.314 e. The van der Waals surface area contributed by atoms with E-state index >= 15 is 0 Å². The van der Waals surface area contributed by atoms with Crippen LogP contribution < -0.4 is 5.32 Å². The Morgan fingerprint density at radius 2 is 2.17 bits per heavy atom. The quantitative estimate of drug-likeness (QED) is 0.842. The van der Waals surface area contributed by atoms with Crippen molar-refractivity contribution in [2.24, 2.45) is 7.05 Å². The number of halogens is 1. The zero-order valence-electron chi connectivity index (χ0n) is 10.8. The molecule has 8 heteroatoms. The highest BCUT2D eigenvalue weighted by Crippen LogP contribution is 2.21. The van der Waals surface area contributed by atoms with Gasteiger partial charge in [0.05, 0.1) is 11.9 Å². The van der Waals surface area contributed by atoms with Gasteiger partial charge in [0.1, 0.15) is 4.90 Å².